The molecule has 3 rings (SSSR count). The molecule has 0 nitrogen and oxygen atoms in total. The molecule has 0 aromatic heterocycles. The molecule has 0 spiro atoms. The average Bonchev–Trinajstić information content (AvgIpc) is 2.56. The van der Waals surface area contributed by atoms with Crippen molar-refractivity contribution in [2.45, 2.75) is 0 Å². The van der Waals surface area contributed by atoms with Gasteiger partial charge in [0.25, 0.3) is 0 Å². The highest BCUT2D eigenvalue weighted by Crippen LogP contribution is 2.33. The molecule has 3 aromatic rings. The van der Waals surface area contributed by atoms with Crippen molar-refractivity contribution in [2.24, 2.45) is 0 Å². The second-order valence-electron chi connectivity index (χ2n) is 4.80. The van der Waals surface area contributed by atoms with Gasteiger partial charge in [-0.15, -0.1) is 0 Å². The van der Waals surface area contributed by atoms with Gasteiger partial charge >= 0.3 is 0 Å². The Balaban J connectivity index is 2.24. The van der Waals surface area contributed by atoms with Crippen LogP contribution in [-0.2, 0) is 11.8 Å². The average molecular weight is 345 g/mol. The highest BCUT2D eigenvalue weighted by molar-refractivity contribution is 7.99. The van der Waals surface area contributed by atoms with Crippen molar-refractivity contribution in [3.8, 4) is 22.3 Å². The first kappa shape index (κ1) is 15.3. The van der Waals surface area contributed by atoms with Crippen molar-refractivity contribution >= 4 is 36.1 Å². The zero-order chi connectivity index (χ0) is 15.5. The predicted molar refractivity (Wildman–Crippen MR) is 96.2 cm³/mol. The lowest BCUT2D eigenvalue weighted by molar-refractivity contribution is 0.628. The third kappa shape index (κ3) is 3.10. The Morgan fingerprint density at radius 2 is 1.45 bits per heavy atom. The fraction of sp³-hybridized carbons (Fsp3) is 0. The zero-order valence-corrected chi connectivity index (χ0v) is 13.9. The highest BCUT2D eigenvalue weighted by atomic mass is 35.5. The molecule has 4 heteroatoms. The second-order valence-corrected chi connectivity index (χ2v) is 6.45. The summed E-state index contributed by atoms with van der Waals surface area (Å²) in [5, 5.41) is 1.75. The van der Waals surface area contributed by atoms with Crippen LogP contribution >= 0.6 is 19.0 Å². The van der Waals surface area contributed by atoms with Gasteiger partial charge in [0.15, 0.2) is 0 Å². The molecule has 108 valence electrons. The van der Waals surface area contributed by atoms with E-state index in [-0.39, 0.29) is 5.82 Å². The van der Waals surface area contributed by atoms with E-state index in [1.54, 1.807) is 12.1 Å². The molecule has 0 radical (unpaired) electrons. The molecule has 0 amide bonds. The summed E-state index contributed by atoms with van der Waals surface area (Å²) in [6.07, 6.45) is 0. The molecule has 0 N–H and O–H groups in total. The van der Waals surface area contributed by atoms with Crippen LogP contribution in [-0.4, -0.2) is 0 Å². The van der Waals surface area contributed by atoms with Crippen LogP contribution in [0.25, 0.3) is 22.3 Å². The zero-order valence-electron chi connectivity index (χ0n) is 11.5. The third-order valence-corrected chi connectivity index (χ3v) is 4.84. The maximum Gasteiger partial charge on any atom is 0.123 e. The topological polar surface area (TPSA) is 0 Å². The van der Waals surface area contributed by atoms with Gasteiger partial charge in [-0.25, -0.2) is 4.39 Å². The van der Waals surface area contributed by atoms with E-state index in [0.29, 0.717) is 5.02 Å². The molecule has 0 bridgehead atoms. The van der Waals surface area contributed by atoms with E-state index < -0.39 is 0 Å². The van der Waals surface area contributed by atoms with Gasteiger partial charge in [-0.2, -0.15) is 0 Å². The van der Waals surface area contributed by atoms with Gasteiger partial charge < -0.3 is 0 Å². The summed E-state index contributed by atoms with van der Waals surface area (Å²) in [6, 6.07) is 20.2. The first-order valence-electron chi connectivity index (χ1n) is 6.67. The molecule has 0 aliphatic heterocycles. The van der Waals surface area contributed by atoms with Crippen LogP contribution in [0.3, 0.4) is 0 Å². The second kappa shape index (κ2) is 6.66. The first-order valence-corrected chi connectivity index (χ1v) is 8.96. The Bertz CT molecular complexity index is 813. The largest absolute Gasteiger partial charge is 0.207 e. The van der Waals surface area contributed by atoms with Crippen molar-refractivity contribution in [2.75, 3.05) is 0 Å². The minimum atomic E-state index is -0.241. The van der Waals surface area contributed by atoms with Crippen LogP contribution in [0.5, 0.6) is 0 Å². The van der Waals surface area contributed by atoms with E-state index in [0.717, 1.165) is 34.9 Å². The number of hydrogen-bond acceptors (Lipinski definition) is 1. The molecule has 0 saturated heterocycles. The molecule has 22 heavy (non-hydrogen) atoms. The summed E-state index contributed by atoms with van der Waals surface area (Å²) in [4.78, 5) is 0. The Kier molecular flexibility index (Phi) is 4.63. The normalized spacial score (nSPS) is 10.8. The maximum atomic E-state index is 13.2. The van der Waals surface area contributed by atoms with Gasteiger partial charge in [-0.3, -0.25) is 0 Å². The summed E-state index contributed by atoms with van der Waals surface area (Å²) in [6.45, 7) is 0. The molecule has 0 heterocycles. The maximum absolute atomic E-state index is 13.2. The predicted octanol–water partition coefficient (Wildman–Crippen LogP) is 5.85. The van der Waals surface area contributed by atoms with Crippen LogP contribution in [0, 0.1) is 5.82 Å². The highest BCUT2D eigenvalue weighted by Gasteiger charge is 2.11. The van der Waals surface area contributed by atoms with Crippen molar-refractivity contribution in [3.05, 3.63) is 77.6 Å². The van der Waals surface area contributed by atoms with E-state index in [2.05, 4.69) is 0 Å². The summed E-state index contributed by atoms with van der Waals surface area (Å²) in [7, 11) is 0.775. The van der Waals surface area contributed by atoms with Crippen LogP contribution in [0.1, 0.15) is 0 Å². The Morgan fingerprint density at radius 1 is 0.818 bits per heavy atom. The van der Waals surface area contributed by atoms with E-state index in [9.17, 15) is 4.39 Å². The minimum Gasteiger partial charge on any atom is -0.207 e. The van der Waals surface area contributed by atoms with Crippen LogP contribution < -0.4 is 5.30 Å². The summed E-state index contributed by atoms with van der Waals surface area (Å²) in [5.41, 5.74) is 4.13. The van der Waals surface area contributed by atoms with Gasteiger partial charge in [0.1, 0.15) is 5.82 Å². The van der Waals surface area contributed by atoms with Gasteiger partial charge in [0, 0.05) is 23.2 Å². The first-order chi connectivity index (χ1) is 10.7. The number of benzene rings is 3. The van der Waals surface area contributed by atoms with Crippen molar-refractivity contribution in [1.82, 2.24) is 0 Å². The molecule has 0 fully saturated rings. The van der Waals surface area contributed by atoms with Gasteiger partial charge in [-0.05, 0) is 47.0 Å². The molecular weight excluding hydrogens is 334 g/mol. The SMILES string of the molecule is Fc1ccc(-c2cccc(P=S)c2-c2ccc(Cl)cc2)cc1. The smallest absolute Gasteiger partial charge is 0.123 e. The fourth-order valence-corrected chi connectivity index (χ4v) is 3.48. The number of hydrogen-bond donors (Lipinski definition) is 0. The molecule has 0 atom stereocenters. The van der Waals surface area contributed by atoms with E-state index in [1.807, 2.05) is 42.5 Å². The lowest BCUT2D eigenvalue weighted by Crippen LogP contribution is -2.00. The minimum absolute atomic E-state index is 0.241. The summed E-state index contributed by atoms with van der Waals surface area (Å²) >= 11 is 11.2. The van der Waals surface area contributed by atoms with E-state index >= 15 is 0 Å². The molecule has 0 unspecified atom stereocenters. The van der Waals surface area contributed by atoms with Gasteiger partial charge in [0.05, 0.1) is 0 Å². The van der Waals surface area contributed by atoms with Crippen molar-refractivity contribution in [3.63, 3.8) is 0 Å². The number of halogens is 2. The third-order valence-electron chi connectivity index (χ3n) is 3.43. The summed E-state index contributed by atoms with van der Waals surface area (Å²) < 4.78 is 13.2. The van der Waals surface area contributed by atoms with Crippen LogP contribution in [0.15, 0.2) is 66.7 Å². The monoisotopic (exact) mass is 344 g/mol. The van der Waals surface area contributed by atoms with E-state index in [4.69, 9.17) is 23.4 Å². The number of rotatable bonds is 3. The van der Waals surface area contributed by atoms with Crippen LogP contribution in [0.4, 0.5) is 4.39 Å². The molecule has 3 aromatic carbocycles. The Labute approximate surface area is 140 Å². The fourth-order valence-electron chi connectivity index (χ4n) is 2.41. The molecular formula is C18H11ClFPS. The Morgan fingerprint density at radius 3 is 2.09 bits per heavy atom. The van der Waals surface area contributed by atoms with Crippen molar-refractivity contribution < 1.29 is 4.39 Å². The standard InChI is InChI=1S/C18H11ClFPS/c19-14-8-4-13(5-9-14)18-16(2-1-3-17(18)21-22)12-6-10-15(20)11-7-12/h1-11H. The molecule has 0 saturated carbocycles. The molecule has 0 aliphatic rings. The van der Waals surface area contributed by atoms with E-state index in [1.165, 1.54) is 12.1 Å². The lowest BCUT2D eigenvalue weighted by atomic mass is 9.94. The van der Waals surface area contributed by atoms with Crippen LogP contribution in [0.2, 0.25) is 5.02 Å². The Hall–Kier alpha value is -1.60. The lowest BCUT2D eigenvalue weighted by Gasteiger charge is -2.13. The van der Waals surface area contributed by atoms with Gasteiger partial charge in [0.2, 0.25) is 0 Å². The quantitative estimate of drug-likeness (QED) is 0.537. The molecule has 0 aliphatic carbocycles. The summed E-state index contributed by atoms with van der Waals surface area (Å²) in [5.74, 6) is -0.241. The van der Waals surface area contributed by atoms with Gasteiger partial charge in [-0.1, -0.05) is 59.8 Å². The van der Waals surface area contributed by atoms with Crippen molar-refractivity contribution in [1.29, 1.82) is 0 Å².